The largest absolute Gasteiger partial charge is 0.497 e. The molecule has 5 saturated carbocycles. The van der Waals surface area contributed by atoms with E-state index in [0.717, 1.165) is 43.4 Å². The summed E-state index contributed by atoms with van der Waals surface area (Å²) in [5, 5.41) is 11.0. The van der Waals surface area contributed by atoms with Crippen molar-refractivity contribution < 1.29 is 19.4 Å². The zero-order chi connectivity index (χ0) is 31.7. The lowest BCUT2D eigenvalue weighted by atomic mass is 9.32. The van der Waals surface area contributed by atoms with Crippen LogP contribution in [0.3, 0.4) is 0 Å². The highest BCUT2D eigenvalue weighted by molar-refractivity contribution is 5.87. The van der Waals surface area contributed by atoms with E-state index in [2.05, 4.69) is 48.1 Å². The average Bonchev–Trinajstić information content (AvgIpc) is 3.38. The Hall–Kier alpha value is -2.07. The molecule has 0 saturated heterocycles. The van der Waals surface area contributed by atoms with Crippen LogP contribution < -0.4 is 4.74 Å². The molecule has 4 heteroatoms. The summed E-state index contributed by atoms with van der Waals surface area (Å²) in [7, 11) is 1.66. The molecule has 0 spiro atoms. The monoisotopic (exact) mass is 602 g/mol. The molecule has 44 heavy (non-hydrogen) atoms. The molecule has 242 valence electrons. The molecular weight excluding hydrogens is 544 g/mol. The third-order valence-electron chi connectivity index (χ3n) is 15.2. The minimum Gasteiger partial charge on any atom is -0.497 e. The maximum Gasteiger partial charge on any atom is 0.330 e. The third kappa shape index (κ3) is 4.66. The molecule has 0 amide bonds. The number of aliphatic hydroxyl groups excluding tert-OH is 1. The molecule has 0 unspecified atom stereocenters. The van der Waals surface area contributed by atoms with Gasteiger partial charge in [-0.2, -0.15) is 0 Å². The van der Waals surface area contributed by atoms with Gasteiger partial charge in [0, 0.05) is 11.5 Å². The van der Waals surface area contributed by atoms with Gasteiger partial charge in [0.2, 0.25) is 0 Å². The van der Waals surface area contributed by atoms with Crippen LogP contribution in [0.2, 0.25) is 0 Å². The van der Waals surface area contributed by atoms with Crippen molar-refractivity contribution in [1.29, 1.82) is 0 Å². The van der Waals surface area contributed by atoms with Gasteiger partial charge in [0.1, 0.15) is 5.75 Å². The van der Waals surface area contributed by atoms with Crippen LogP contribution in [0.1, 0.15) is 111 Å². The fraction of sp³-hybridized carbons (Fsp3) is 0.725. The molecule has 10 atom stereocenters. The lowest BCUT2D eigenvalue weighted by Gasteiger charge is -2.73. The lowest BCUT2D eigenvalue weighted by Crippen LogP contribution is -2.66. The number of benzene rings is 1. The molecule has 1 aromatic rings. The van der Waals surface area contributed by atoms with E-state index in [1.807, 2.05) is 30.3 Å². The second-order valence-electron chi connectivity index (χ2n) is 17.1. The van der Waals surface area contributed by atoms with Crippen molar-refractivity contribution in [1.82, 2.24) is 0 Å². The van der Waals surface area contributed by atoms with Gasteiger partial charge < -0.3 is 14.6 Å². The smallest absolute Gasteiger partial charge is 0.330 e. The molecule has 0 heterocycles. The van der Waals surface area contributed by atoms with Crippen LogP contribution in [0.4, 0.5) is 0 Å². The maximum atomic E-state index is 13.0. The molecule has 5 fully saturated rings. The summed E-state index contributed by atoms with van der Waals surface area (Å²) in [6, 6.07) is 7.72. The number of fused-ring (bicyclic) bond motifs is 7. The van der Waals surface area contributed by atoms with E-state index in [-0.39, 0.29) is 39.1 Å². The fourth-order valence-corrected chi connectivity index (χ4v) is 12.7. The lowest BCUT2D eigenvalue weighted by molar-refractivity contribution is -0.249. The summed E-state index contributed by atoms with van der Waals surface area (Å²) in [6.45, 7) is 19.9. The van der Waals surface area contributed by atoms with E-state index in [1.54, 1.807) is 13.2 Å². The number of carbonyl (C=O) groups excluding carboxylic acids is 1. The molecule has 0 bridgehead atoms. The Morgan fingerprint density at radius 1 is 0.909 bits per heavy atom. The van der Waals surface area contributed by atoms with Crippen LogP contribution in [0, 0.1) is 56.7 Å². The standard InChI is InChI=1S/C40H58O4/c1-26(2)29-17-22-40(25-44-34(42)16-11-27-9-12-28(43-8)13-10-27)24-23-38(6)30(35(29)40)14-15-32-37(5)20-19-33(41)36(3,4)31(37)18-21-39(32,38)7/h9-13,16,29-33,35,41H,1,14-15,17-25H2,2-8H3/b16-11+/t29-,30-,31-,32+,33+,35-,37+,38-,39+,40+/m1/s1. The first kappa shape index (κ1) is 31.9. The number of ether oxygens (including phenoxy) is 2. The van der Waals surface area contributed by atoms with Gasteiger partial charge in [0.25, 0.3) is 0 Å². The Morgan fingerprint density at radius 3 is 2.32 bits per heavy atom. The summed E-state index contributed by atoms with van der Waals surface area (Å²) >= 11 is 0. The summed E-state index contributed by atoms with van der Waals surface area (Å²) in [6.07, 6.45) is 15.0. The Kier molecular flexibility index (Phi) is 7.99. The van der Waals surface area contributed by atoms with Crippen LogP contribution in [-0.2, 0) is 9.53 Å². The topological polar surface area (TPSA) is 55.8 Å². The zero-order valence-corrected chi connectivity index (χ0v) is 28.6. The normalized spacial score (nSPS) is 44.2. The van der Waals surface area contributed by atoms with Gasteiger partial charge in [-0.05, 0) is 146 Å². The molecule has 0 aromatic heterocycles. The SMILES string of the molecule is C=C(C)[C@H]1CC[C@@]2(COC(=O)/C=C/c3ccc(OC)cc3)CC[C@]3(C)[C@H](CC[C@H]4[C@@]5(C)CC[C@H](O)C(C)(C)[C@H]5CC[C@@]43C)[C@@H]12. The van der Waals surface area contributed by atoms with E-state index in [1.165, 1.54) is 37.7 Å². The number of hydrogen-bond donors (Lipinski definition) is 1. The number of rotatable bonds is 6. The Labute approximate surface area is 267 Å². The molecule has 0 aliphatic heterocycles. The summed E-state index contributed by atoms with van der Waals surface area (Å²) in [4.78, 5) is 13.0. The zero-order valence-electron chi connectivity index (χ0n) is 28.6. The van der Waals surface area contributed by atoms with Crippen LogP contribution >= 0.6 is 0 Å². The number of esters is 1. The highest BCUT2D eigenvalue weighted by Gasteiger charge is 2.71. The van der Waals surface area contributed by atoms with Gasteiger partial charge in [-0.25, -0.2) is 4.79 Å². The van der Waals surface area contributed by atoms with E-state index in [4.69, 9.17) is 9.47 Å². The van der Waals surface area contributed by atoms with E-state index in [0.29, 0.717) is 36.2 Å². The maximum absolute atomic E-state index is 13.0. The molecule has 5 aliphatic carbocycles. The predicted octanol–water partition coefficient (Wildman–Crippen LogP) is 9.27. The Morgan fingerprint density at radius 2 is 1.64 bits per heavy atom. The van der Waals surface area contributed by atoms with Gasteiger partial charge in [-0.3, -0.25) is 0 Å². The average molecular weight is 603 g/mol. The van der Waals surface area contributed by atoms with Gasteiger partial charge >= 0.3 is 5.97 Å². The quantitative estimate of drug-likeness (QED) is 0.200. The van der Waals surface area contributed by atoms with Crippen LogP contribution in [0.5, 0.6) is 5.75 Å². The molecule has 0 radical (unpaired) electrons. The number of allylic oxidation sites excluding steroid dienone is 1. The molecular formula is C40H58O4. The van der Waals surface area contributed by atoms with Crippen molar-refractivity contribution in [3.8, 4) is 5.75 Å². The minimum atomic E-state index is -0.245. The first-order chi connectivity index (χ1) is 20.7. The van der Waals surface area contributed by atoms with Crippen molar-refractivity contribution in [2.45, 2.75) is 112 Å². The number of aliphatic hydroxyl groups is 1. The second kappa shape index (κ2) is 11.0. The first-order valence-corrected chi connectivity index (χ1v) is 17.5. The van der Waals surface area contributed by atoms with Crippen molar-refractivity contribution in [2.24, 2.45) is 56.7 Å². The van der Waals surface area contributed by atoms with E-state index in [9.17, 15) is 9.90 Å². The van der Waals surface area contributed by atoms with Crippen LogP contribution in [0.15, 0.2) is 42.5 Å². The Bertz CT molecular complexity index is 1290. The summed E-state index contributed by atoms with van der Waals surface area (Å²) in [5.41, 5.74) is 3.13. The van der Waals surface area contributed by atoms with Gasteiger partial charge in [0.05, 0.1) is 19.8 Å². The van der Waals surface area contributed by atoms with Gasteiger partial charge in [-0.15, -0.1) is 0 Å². The fourth-order valence-electron chi connectivity index (χ4n) is 12.7. The van der Waals surface area contributed by atoms with Crippen molar-refractivity contribution in [3.05, 3.63) is 48.1 Å². The predicted molar refractivity (Wildman–Crippen MR) is 178 cm³/mol. The molecule has 1 N–H and O–H groups in total. The van der Waals surface area contributed by atoms with Crippen molar-refractivity contribution in [2.75, 3.05) is 13.7 Å². The first-order valence-electron chi connectivity index (χ1n) is 17.5. The Balaban J connectivity index is 1.25. The number of hydrogen-bond acceptors (Lipinski definition) is 4. The number of methoxy groups -OCH3 is 1. The van der Waals surface area contributed by atoms with Crippen molar-refractivity contribution in [3.63, 3.8) is 0 Å². The molecule has 4 nitrogen and oxygen atoms in total. The second-order valence-corrected chi connectivity index (χ2v) is 17.1. The highest BCUT2D eigenvalue weighted by Crippen LogP contribution is 2.77. The molecule has 1 aromatic carbocycles. The molecule has 5 aliphatic rings. The van der Waals surface area contributed by atoms with Crippen LogP contribution in [0.25, 0.3) is 6.08 Å². The third-order valence-corrected chi connectivity index (χ3v) is 15.2. The summed E-state index contributed by atoms with van der Waals surface area (Å²) < 4.78 is 11.4. The number of carbonyl (C=O) groups is 1. The van der Waals surface area contributed by atoms with E-state index < -0.39 is 0 Å². The van der Waals surface area contributed by atoms with Crippen molar-refractivity contribution >= 4 is 12.0 Å². The highest BCUT2D eigenvalue weighted by atomic mass is 16.5. The summed E-state index contributed by atoms with van der Waals surface area (Å²) in [5.74, 6) is 3.48. The van der Waals surface area contributed by atoms with E-state index >= 15 is 0 Å². The van der Waals surface area contributed by atoms with Gasteiger partial charge in [0.15, 0.2) is 0 Å². The minimum absolute atomic E-state index is 0.0179. The van der Waals surface area contributed by atoms with Crippen LogP contribution in [-0.4, -0.2) is 30.9 Å². The van der Waals surface area contributed by atoms with Gasteiger partial charge in [-0.1, -0.05) is 58.9 Å². The molecule has 6 rings (SSSR count).